The van der Waals surface area contributed by atoms with Crippen molar-refractivity contribution in [3.8, 4) is 23.3 Å². The molecule has 3 rings (SSSR count). The van der Waals surface area contributed by atoms with Crippen LogP contribution in [0.3, 0.4) is 0 Å². The number of amides is 1. The summed E-state index contributed by atoms with van der Waals surface area (Å²) in [5, 5.41) is 8.85. The number of methoxy groups -OCH3 is 2. The van der Waals surface area contributed by atoms with Gasteiger partial charge in [-0.3, -0.25) is 4.79 Å². The Morgan fingerprint density at radius 1 is 1.11 bits per heavy atom. The third-order valence-electron chi connectivity index (χ3n) is 4.67. The Morgan fingerprint density at radius 3 is 2.33 bits per heavy atom. The van der Waals surface area contributed by atoms with E-state index in [0.29, 0.717) is 35.9 Å². The van der Waals surface area contributed by atoms with E-state index in [4.69, 9.17) is 19.5 Å². The van der Waals surface area contributed by atoms with Gasteiger partial charge in [-0.15, -0.1) is 0 Å². The summed E-state index contributed by atoms with van der Waals surface area (Å²) in [6.07, 6.45) is 0.144. The molecule has 0 aromatic heterocycles. The normalized spacial score (nSPS) is 13.9. The number of carbonyl (C=O) groups excluding carboxylic acids is 1. The summed E-state index contributed by atoms with van der Waals surface area (Å²) in [7, 11) is 3.22. The van der Waals surface area contributed by atoms with Gasteiger partial charge in [-0.25, -0.2) is 0 Å². The molecule has 140 valence electrons. The van der Waals surface area contributed by atoms with E-state index in [-0.39, 0.29) is 5.91 Å². The second kappa shape index (κ2) is 8.00. The van der Waals surface area contributed by atoms with Crippen molar-refractivity contribution < 1.29 is 19.0 Å². The maximum absolute atomic E-state index is 12.8. The first-order valence-electron chi connectivity index (χ1n) is 8.75. The van der Waals surface area contributed by atoms with E-state index in [1.165, 1.54) is 0 Å². The summed E-state index contributed by atoms with van der Waals surface area (Å²) in [6.45, 7) is 2.88. The molecule has 0 fully saturated rings. The molecule has 0 saturated carbocycles. The van der Waals surface area contributed by atoms with Gasteiger partial charge in [0.1, 0.15) is 5.75 Å². The Kier molecular flexibility index (Phi) is 5.51. The minimum absolute atomic E-state index is 0.0696. The van der Waals surface area contributed by atoms with Gasteiger partial charge >= 0.3 is 0 Å². The lowest BCUT2D eigenvalue weighted by molar-refractivity contribution is -0.138. The lowest BCUT2D eigenvalue weighted by Gasteiger charge is -2.31. The summed E-state index contributed by atoms with van der Waals surface area (Å²) in [5.74, 6) is 1.86. The van der Waals surface area contributed by atoms with Crippen LogP contribution in [-0.2, 0) is 17.8 Å². The zero-order chi connectivity index (χ0) is 19.4. The summed E-state index contributed by atoms with van der Waals surface area (Å²) in [5.41, 5.74) is 2.77. The summed E-state index contributed by atoms with van der Waals surface area (Å²) < 4.78 is 16.5. The predicted octanol–water partition coefficient (Wildman–Crippen LogP) is 2.93. The van der Waals surface area contributed by atoms with Gasteiger partial charge in [-0.2, -0.15) is 5.26 Å². The van der Waals surface area contributed by atoms with Crippen LogP contribution in [0.5, 0.6) is 17.2 Å². The first-order chi connectivity index (χ1) is 13.0. The summed E-state index contributed by atoms with van der Waals surface area (Å²) in [6, 6.07) is 12.7. The van der Waals surface area contributed by atoms with E-state index in [0.717, 1.165) is 17.5 Å². The molecular weight excluding hydrogens is 344 g/mol. The molecular formula is C21H22N2O4. The molecule has 6 nitrogen and oxygen atoms in total. The van der Waals surface area contributed by atoms with E-state index in [1.54, 1.807) is 50.3 Å². The van der Waals surface area contributed by atoms with E-state index in [9.17, 15) is 4.79 Å². The number of benzene rings is 2. The van der Waals surface area contributed by atoms with E-state index in [1.807, 2.05) is 12.1 Å². The molecule has 1 aliphatic rings. The first-order valence-corrected chi connectivity index (χ1v) is 8.75. The Labute approximate surface area is 158 Å². The molecule has 0 saturated heterocycles. The highest BCUT2D eigenvalue weighted by Crippen LogP contribution is 2.33. The number of ether oxygens (including phenoxy) is 3. The van der Waals surface area contributed by atoms with Gasteiger partial charge < -0.3 is 19.1 Å². The van der Waals surface area contributed by atoms with Crippen LogP contribution in [0, 0.1) is 11.3 Å². The van der Waals surface area contributed by atoms with Gasteiger partial charge in [0.15, 0.2) is 17.6 Å². The number of hydrogen-bond acceptors (Lipinski definition) is 5. The Morgan fingerprint density at radius 2 is 1.74 bits per heavy atom. The SMILES string of the molecule is COc1cc2c(cc1OC)CN(C(=O)C(C)Oc1ccc(C#N)cc1)CC2. The molecule has 1 unspecified atom stereocenters. The molecule has 27 heavy (non-hydrogen) atoms. The second-order valence-electron chi connectivity index (χ2n) is 6.38. The maximum atomic E-state index is 12.8. The number of hydrogen-bond donors (Lipinski definition) is 0. The van der Waals surface area contributed by atoms with Crippen LogP contribution in [0.2, 0.25) is 0 Å². The van der Waals surface area contributed by atoms with E-state index >= 15 is 0 Å². The van der Waals surface area contributed by atoms with Crippen molar-refractivity contribution in [1.29, 1.82) is 5.26 Å². The average Bonchev–Trinajstić information content (AvgIpc) is 2.72. The summed E-state index contributed by atoms with van der Waals surface area (Å²) in [4.78, 5) is 14.6. The molecule has 0 radical (unpaired) electrons. The molecule has 1 aliphatic heterocycles. The summed E-state index contributed by atoms with van der Waals surface area (Å²) >= 11 is 0. The third kappa shape index (κ3) is 3.98. The van der Waals surface area contributed by atoms with Crippen LogP contribution in [-0.4, -0.2) is 37.7 Å². The van der Waals surface area contributed by atoms with Gasteiger partial charge in [-0.05, 0) is 60.9 Å². The Bertz CT molecular complexity index is 871. The zero-order valence-corrected chi connectivity index (χ0v) is 15.7. The molecule has 2 aromatic carbocycles. The van der Waals surface area contributed by atoms with Gasteiger partial charge in [0.2, 0.25) is 0 Å². The molecule has 1 atom stereocenters. The fraction of sp³-hybridized carbons (Fsp3) is 0.333. The molecule has 0 aliphatic carbocycles. The van der Waals surface area contributed by atoms with Gasteiger partial charge in [-0.1, -0.05) is 0 Å². The van der Waals surface area contributed by atoms with Crippen molar-refractivity contribution in [1.82, 2.24) is 4.90 Å². The zero-order valence-electron chi connectivity index (χ0n) is 15.7. The van der Waals surface area contributed by atoms with Crippen molar-refractivity contribution in [2.75, 3.05) is 20.8 Å². The lowest BCUT2D eigenvalue weighted by Crippen LogP contribution is -2.43. The fourth-order valence-corrected chi connectivity index (χ4v) is 3.19. The fourth-order valence-electron chi connectivity index (χ4n) is 3.19. The van der Waals surface area contributed by atoms with Crippen molar-refractivity contribution >= 4 is 5.91 Å². The highest BCUT2D eigenvalue weighted by Gasteiger charge is 2.27. The number of fused-ring (bicyclic) bond motifs is 1. The molecule has 6 heteroatoms. The van der Waals surface area contributed by atoms with E-state index < -0.39 is 6.10 Å². The minimum Gasteiger partial charge on any atom is -0.493 e. The number of rotatable bonds is 5. The topological polar surface area (TPSA) is 71.8 Å². The van der Waals surface area contributed by atoms with Crippen LogP contribution in [0.1, 0.15) is 23.6 Å². The number of nitriles is 1. The lowest BCUT2D eigenvalue weighted by atomic mass is 9.98. The molecule has 1 amide bonds. The molecule has 0 spiro atoms. The van der Waals surface area contributed by atoms with Crippen molar-refractivity contribution in [3.05, 3.63) is 53.1 Å². The highest BCUT2D eigenvalue weighted by atomic mass is 16.5. The second-order valence-corrected chi connectivity index (χ2v) is 6.38. The quantitative estimate of drug-likeness (QED) is 0.814. The highest BCUT2D eigenvalue weighted by molar-refractivity contribution is 5.81. The van der Waals surface area contributed by atoms with Crippen LogP contribution in [0.15, 0.2) is 36.4 Å². The van der Waals surface area contributed by atoms with Crippen LogP contribution < -0.4 is 14.2 Å². The van der Waals surface area contributed by atoms with Crippen molar-refractivity contribution in [2.24, 2.45) is 0 Å². The molecule has 1 heterocycles. The Hall–Kier alpha value is -3.20. The van der Waals surface area contributed by atoms with Gasteiger partial charge in [0, 0.05) is 13.1 Å². The monoisotopic (exact) mass is 366 g/mol. The van der Waals surface area contributed by atoms with Crippen LogP contribution in [0.4, 0.5) is 0 Å². The van der Waals surface area contributed by atoms with Gasteiger partial charge in [0.25, 0.3) is 5.91 Å². The third-order valence-corrected chi connectivity index (χ3v) is 4.67. The molecule has 0 bridgehead atoms. The number of nitrogens with zero attached hydrogens (tertiary/aromatic N) is 2. The first kappa shape index (κ1) is 18.6. The van der Waals surface area contributed by atoms with Crippen LogP contribution >= 0.6 is 0 Å². The Balaban J connectivity index is 1.70. The molecule has 0 N–H and O–H groups in total. The van der Waals surface area contributed by atoms with Crippen LogP contribution in [0.25, 0.3) is 0 Å². The smallest absolute Gasteiger partial charge is 0.263 e. The van der Waals surface area contributed by atoms with Gasteiger partial charge in [0.05, 0.1) is 25.9 Å². The maximum Gasteiger partial charge on any atom is 0.263 e. The van der Waals surface area contributed by atoms with E-state index in [2.05, 4.69) is 6.07 Å². The van der Waals surface area contributed by atoms with Crippen molar-refractivity contribution in [2.45, 2.75) is 26.0 Å². The standard InChI is InChI=1S/C21H22N2O4/c1-14(27-18-6-4-15(12-22)5-7-18)21(24)23-9-8-16-10-19(25-2)20(26-3)11-17(16)13-23/h4-7,10-11,14H,8-9,13H2,1-3H3. The largest absolute Gasteiger partial charge is 0.493 e. The number of carbonyl (C=O) groups is 1. The minimum atomic E-state index is -0.611. The van der Waals surface area contributed by atoms with Crippen molar-refractivity contribution in [3.63, 3.8) is 0 Å². The predicted molar refractivity (Wildman–Crippen MR) is 99.9 cm³/mol. The average molecular weight is 366 g/mol. The molecule has 2 aromatic rings.